The molecule has 0 saturated heterocycles. The third-order valence-corrected chi connectivity index (χ3v) is 4.84. The van der Waals surface area contributed by atoms with E-state index in [9.17, 15) is 9.59 Å². The molecule has 0 spiro atoms. The van der Waals surface area contributed by atoms with Gasteiger partial charge in [0.2, 0.25) is 0 Å². The second kappa shape index (κ2) is 6.42. The van der Waals surface area contributed by atoms with Crippen LogP contribution in [0.15, 0.2) is 4.42 Å². The van der Waals surface area contributed by atoms with Crippen molar-refractivity contribution in [2.24, 2.45) is 5.73 Å². The van der Waals surface area contributed by atoms with E-state index in [-0.39, 0.29) is 35.4 Å². The predicted octanol–water partition coefficient (Wildman–Crippen LogP) is 2.53. The lowest BCUT2D eigenvalue weighted by Gasteiger charge is -2.28. The minimum absolute atomic E-state index is 0. The molecule has 1 aromatic heterocycles. The summed E-state index contributed by atoms with van der Waals surface area (Å²) < 4.78 is 5.70. The number of amides is 1. The number of carbonyl (C=O) groups is 2. The Morgan fingerprint density at radius 2 is 1.95 bits per heavy atom. The Morgan fingerprint density at radius 3 is 2.55 bits per heavy atom. The highest BCUT2D eigenvalue weighted by atomic mass is 35.5. The topological polar surface area (TPSA) is 85.3 Å². The van der Waals surface area contributed by atoms with E-state index in [1.54, 1.807) is 6.92 Å². The molecular formula is C16H23ClN2O3. The van der Waals surface area contributed by atoms with Crippen molar-refractivity contribution in [1.29, 1.82) is 0 Å². The van der Waals surface area contributed by atoms with Crippen LogP contribution >= 0.6 is 12.4 Å². The average Bonchev–Trinajstić information content (AvgIpc) is 3.05. The van der Waals surface area contributed by atoms with Crippen molar-refractivity contribution >= 4 is 24.1 Å². The van der Waals surface area contributed by atoms with Gasteiger partial charge in [-0.25, -0.2) is 0 Å². The van der Waals surface area contributed by atoms with Gasteiger partial charge < -0.3 is 15.5 Å². The Kier molecular flexibility index (Phi) is 4.97. The van der Waals surface area contributed by atoms with Crippen LogP contribution in [0.1, 0.15) is 70.8 Å². The molecule has 5 nitrogen and oxygen atoms in total. The van der Waals surface area contributed by atoms with Crippen LogP contribution in [0.3, 0.4) is 0 Å². The highest BCUT2D eigenvalue weighted by Gasteiger charge is 2.36. The Morgan fingerprint density at radius 1 is 1.27 bits per heavy atom. The fourth-order valence-electron chi connectivity index (χ4n) is 3.59. The number of carbonyl (C=O) groups excluding carboxylic acids is 2. The molecule has 3 rings (SSSR count). The molecule has 1 heterocycles. The molecule has 1 amide bonds. The van der Waals surface area contributed by atoms with Crippen molar-refractivity contribution in [3.8, 4) is 0 Å². The van der Waals surface area contributed by atoms with Crippen LogP contribution in [0.2, 0.25) is 0 Å². The molecular weight excluding hydrogens is 304 g/mol. The van der Waals surface area contributed by atoms with Gasteiger partial charge >= 0.3 is 0 Å². The molecule has 0 aliphatic heterocycles. The number of furan rings is 1. The first-order valence-electron chi connectivity index (χ1n) is 7.74. The fourth-order valence-corrected chi connectivity index (χ4v) is 3.59. The molecule has 0 atom stereocenters. The van der Waals surface area contributed by atoms with Gasteiger partial charge in [0.05, 0.1) is 11.1 Å². The van der Waals surface area contributed by atoms with Gasteiger partial charge in [0.15, 0.2) is 11.5 Å². The maximum atomic E-state index is 12.5. The number of ketones is 1. The minimum atomic E-state index is -0.305. The number of fused-ring (bicyclic) bond motifs is 1. The Labute approximate surface area is 136 Å². The molecule has 0 bridgehead atoms. The normalized spacial score (nSPS) is 19.5. The van der Waals surface area contributed by atoms with Gasteiger partial charge in [0.25, 0.3) is 5.91 Å². The lowest BCUT2D eigenvalue weighted by Crippen LogP contribution is -2.51. The number of halogens is 1. The summed E-state index contributed by atoms with van der Waals surface area (Å²) in [7, 11) is 0. The number of hydrogen-bond acceptors (Lipinski definition) is 4. The largest absolute Gasteiger partial charge is 0.455 e. The second-order valence-corrected chi connectivity index (χ2v) is 6.28. The van der Waals surface area contributed by atoms with E-state index in [4.69, 9.17) is 10.2 Å². The number of aryl methyl sites for hydroxylation is 1. The van der Waals surface area contributed by atoms with Crippen LogP contribution in [-0.2, 0) is 6.42 Å². The Bertz CT molecular complexity index is 588. The Hall–Kier alpha value is -1.33. The molecule has 2 aliphatic carbocycles. The summed E-state index contributed by atoms with van der Waals surface area (Å²) in [6.45, 7) is 2.24. The van der Waals surface area contributed by atoms with Crippen LogP contribution in [0.4, 0.5) is 0 Å². The first kappa shape index (κ1) is 17.0. The number of rotatable bonds is 3. The van der Waals surface area contributed by atoms with Crippen LogP contribution < -0.4 is 11.1 Å². The second-order valence-electron chi connectivity index (χ2n) is 6.28. The van der Waals surface area contributed by atoms with Gasteiger partial charge in [0.1, 0.15) is 5.76 Å². The molecule has 1 saturated carbocycles. The zero-order valence-corrected chi connectivity index (χ0v) is 13.7. The number of nitrogens with two attached hydrogens (primary N) is 1. The van der Waals surface area contributed by atoms with Gasteiger partial charge in [-0.15, -0.1) is 12.4 Å². The lowest BCUT2D eigenvalue weighted by atomic mass is 9.93. The van der Waals surface area contributed by atoms with Gasteiger partial charge in [-0.05, 0) is 26.2 Å². The third kappa shape index (κ3) is 2.79. The minimum Gasteiger partial charge on any atom is -0.455 e. The van der Waals surface area contributed by atoms with Crippen molar-refractivity contribution in [1.82, 2.24) is 5.32 Å². The van der Waals surface area contributed by atoms with Gasteiger partial charge in [-0.2, -0.15) is 0 Å². The molecule has 22 heavy (non-hydrogen) atoms. The van der Waals surface area contributed by atoms with Crippen LogP contribution in [0.25, 0.3) is 0 Å². The highest BCUT2D eigenvalue weighted by Crippen LogP contribution is 2.32. The maximum Gasteiger partial charge on any atom is 0.287 e. The molecule has 6 heteroatoms. The summed E-state index contributed by atoms with van der Waals surface area (Å²) in [6, 6.07) is 0. The van der Waals surface area contributed by atoms with E-state index >= 15 is 0 Å². The summed E-state index contributed by atoms with van der Waals surface area (Å²) in [4.78, 5) is 24.5. The van der Waals surface area contributed by atoms with E-state index in [1.807, 2.05) is 0 Å². The van der Waals surface area contributed by atoms with Crippen molar-refractivity contribution in [2.45, 2.75) is 57.4 Å². The molecule has 1 fully saturated rings. The Balaban J connectivity index is 0.00000176. The molecule has 0 aromatic carbocycles. The number of Topliss-reactive ketones (excluding diaryl/α,β-unsaturated/α-hetero) is 1. The maximum absolute atomic E-state index is 12.5. The monoisotopic (exact) mass is 326 g/mol. The molecule has 0 radical (unpaired) electrons. The first-order chi connectivity index (χ1) is 10.1. The fraction of sp³-hybridized carbons (Fsp3) is 0.625. The van der Waals surface area contributed by atoms with E-state index in [1.165, 1.54) is 0 Å². The molecule has 122 valence electrons. The van der Waals surface area contributed by atoms with Gasteiger partial charge in [-0.3, -0.25) is 9.59 Å². The zero-order chi connectivity index (χ0) is 15.0. The van der Waals surface area contributed by atoms with Gasteiger partial charge in [-0.1, -0.05) is 12.8 Å². The van der Waals surface area contributed by atoms with Crippen LogP contribution in [0.5, 0.6) is 0 Å². The summed E-state index contributed by atoms with van der Waals surface area (Å²) in [5, 5.41) is 3.05. The van der Waals surface area contributed by atoms with Crippen molar-refractivity contribution in [3.05, 3.63) is 22.6 Å². The zero-order valence-electron chi connectivity index (χ0n) is 12.9. The molecule has 2 aliphatic rings. The van der Waals surface area contributed by atoms with E-state index in [0.717, 1.165) is 38.5 Å². The van der Waals surface area contributed by atoms with E-state index in [2.05, 4.69) is 5.32 Å². The van der Waals surface area contributed by atoms with Crippen molar-refractivity contribution in [2.75, 3.05) is 6.54 Å². The quantitative estimate of drug-likeness (QED) is 0.893. The first-order valence-corrected chi connectivity index (χ1v) is 7.74. The number of nitrogens with one attached hydrogen (secondary N) is 1. The molecule has 3 N–H and O–H groups in total. The van der Waals surface area contributed by atoms with Crippen LogP contribution in [-0.4, -0.2) is 23.8 Å². The molecule has 0 unspecified atom stereocenters. The lowest BCUT2D eigenvalue weighted by molar-refractivity contribution is 0.0870. The highest BCUT2D eigenvalue weighted by molar-refractivity contribution is 6.03. The van der Waals surface area contributed by atoms with Gasteiger partial charge in [0, 0.05) is 24.9 Å². The van der Waals surface area contributed by atoms with Crippen LogP contribution in [0, 0.1) is 6.92 Å². The average molecular weight is 327 g/mol. The standard InChI is InChI=1S/C16H22N2O3.ClH/c1-10-13-11(19)5-4-6-12(13)21-14(10)15(20)18-16(9-17)7-2-3-8-16;/h2-9,17H2,1H3,(H,18,20);1H. The SMILES string of the molecule is Cc1c(C(=O)NC2(CN)CCCC2)oc2c1C(=O)CCC2.Cl. The number of hydrogen-bond donors (Lipinski definition) is 2. The van der Waals surface area contributed by atoms with Crippen molar-refractivity contribution < 1.29 is 14.0 Å². The summed E-state index contributed by atoms with van der Waals surface area (Å²) in [5.41, 5.74) is 6.85. The van der Waals surface area contributed by atoms with E-state index < -0.39 is 0 Å². The van der Waals surface area contributed by atoms with E-state index in [0.29, 0.717) is 29.9 Å². The molecule has 1 aromatic rings. The van der Waals surface area contributed by atoms with Crippen molar-refractivity contribution in [3.63, 3.8) is 0 Å². The summed E-state index contributed by atoms with van der Waals surface area (Å²) in [6.07, 6.45) is 6.07. The predicted molar refractivity (Wildman–Crippen MR) is 85.7 cm³/mol. The summed E-state index contributed by atoms with van der Waals surface area (Å²) >= 11 is 0. The smallest absolute Gasteiger partial charge is 0.287 e. The third-order valence-electron chi connectivity index (χ3n) is 4.84. The summed E-state index contributed by atoms with van der Waals surface area (Å²) in [5.74, 6) is 0.810.